The summed E-state index contributed by atoms with van der Waals surface area (Å²) in [7, 11) is 1.63. The van der Waals surface area contributed by atoms with Crippen molar-refractivity contribution < 1.29 is 19.0 Å². The van der Waals surface area contributed by atoms with Crippen LogP contribution in [0.5, 0.6) is 0 Å². The fraction of sp³-hybridized carbons (Fsp3) is 0.941. The third-order valence-electron chi connectivity index (χ3n) is 3.86. The molecule has 126 valence electrons. The molecule has 0 saturated carbocycles. The highest BCUT2D eigenvalue weighted by Crippen LogP contribution is 2.39. The van der Waals surface area contributed by atoms with Crippen molar-refractivity contribution in [3.63, 3.8) is 0 Å². The highest BCUT2D eigenvalue weighted by atomic mass is 16.6. The quantitative estimate of drug-likeness (QED) is 0.456. The van der Waals surface area contributed by atoms with E-state index in [9.17, 15) is 4.79 Å². The number of carbonyl (C=O) groups is 1. The molecule has 0 heterocycles. The van der Waals surface area contributed by atoms with E-state index in [0.717, 1.165) is 12.8 Å². The summed E-state index contributed by atoms with van der Waals surface area (Å²) in [6.07, 6.45) is 1.78. The minimum Gasteiger partial charge on any atom is -0.463 e. The standard InChI is InChI=1S/C17H34O4/c1-8-17(5,6)14(13-16(2,3)4)15(18)21-12-11-20-10-9-19-7/h14H,8-13H2,1-7H3. The normalized spacial score (nSPS) is 14.0. The van der Waals surface area contributed by atoms with Gasteiger partial charge in [0.25, 0.3) is 0 Å². The van der Waals surface area contributed by atoms with E-state index < -0.39 is 0 Å². The number of carbonyl (C=O) groups excluding carboxylic acids is 1. The van der Waals surface area contributed by atoms with Gasteiger partial charge in [0.15, 0.2) is 0 Å². The van der Waals surface area contributed by atoms with Gasteiger partial charge in [-0.15, -0.1) is 0 Å². The topological polar surface area (TPSA) is 44.8 Å². The third kappa shape index (κ3) is 9.10. The lowest BCUT2D eigenvalue weighted by molar-refractivity contribution is -0.156. The Bertz CT molecular complexity index is 292. The van der Waals surface area contributed by atoms with Crippen LogP contribution in [0.15, 0.2) is 0 Å². The molecule has 0 fully saturated rings. The predicted octanol–water partition coefficient (Wildman–Crippen LogP) is 3.68. The van der Waals surface area contributed by atoms with Crippen LogP contribution in [-0.4, -0.2) is 39.5 Å². The van der Waals surface area contributed by atoms with Crippen LogP contribution < -0.4 is 0 Å². The van der Waals surface area contributed by atoms with Crippen LogP contribution in [0.2, 0.25) is 0 Å². The first-order chi connectivity index (χ1) is 9.64. The Morgan fingerprint density at radius 2 is 1.57 bits per heavy atom. The second-order valence-electron chi connectivity index (χ2n) is 7.43. The summed E-state index contributed by atoms with van der Waals surface area (Å²) >= 11 is 0. The van der Waals surface area contributed by atoms with Crippen molar-refractivity contribution in [3.8, 4) is 0 Å². The monoisotopic (exact) mass is 302 g/mol. The molecule has 0 N–H and O–H groups in total. The van der Waals surface area contributed by atoms with Gasteiger partial charge in [0.1, 0.15) is 6.61 Å². The van der Waals surface area contributed by atoms with Gasteiger partial charge in [-0.05, 0) is 17.3 Å². The van der Waals surface area contributed by atoms with Gasteiger partial charge in [0.05, 0.1) is 25.7 Å². The average molecular weight is 302 g/mol. The molecular weight excluding hydrogens is 268 g/mol. The molecule has 0 rings (SSSR count). The zero-order chi connectivity index (χ0) is 16.5. The molecule has 1 unspecified atom stereocenters. The molecule has 0 aromatic carbocycles. The van der Waals surface area contributed by atoms with Gasteiger partial charge in [0.2, 0.25) is 0 Å². The molecule has 1 atom stereocenters. The van der Waals surface area contributed by atoms with Gasteiger partial charge >= 0.3 is 5.97 Å². The molecule has 0 saturated heterocycles. The maximum Gasteiger partial charge on any atom is 0.309 e. The zero-order valence-corrected chi connectivity index (χ0v) is 15.0. The minimum absolute atomic E-state index is 0.0543. The molecule has 0 radical (unpaired) electrons. The number of esters is 1. The van der Waals surface area contributed by atoms with Gasteiger partial charge < -0.3 is 14.2 Å². The van der Waals surface area contributed by atoms with Crippen molar-refractivity contribution in [2.75, 3.05) is 33.5 Å². The van der Waals surface area contributed by atoms with E-state index in [2.05, 4.69) is 41.5 Å². The second-order valence-corrected chi connectivity index (χ2v) is 7.43. The lowest BCUT2D eigenvalue weighted by atomic mass is 9.70. The Balaban J connectivity index is 4.40. The van der Waals surface area contributed by atoms with E-state index in [-0.39, 0.29) is 22.7 Å². The lowest BCUT2D eigenvalue weighted by Gasteiger charge is -2.35. The maximum absolute atomic E-state index is 12.4. The van der Waals surface area contributed by atoms with Gasteiger partial charge in [0, 0.05) is 7.11 Å². The molecule has 0 aromatic rings. The SMILES string of the molecule is CCC(C)(C)C(CC(C)(C)C)C(=O)OCCOCCOC. The summed E-state index contributed by atoms with van der Waals surface area (Å²) < 4.78 is 15.6. The molecule has 0 amide bonds. The number of hydrogen-bond donors (Lipinski definition) is 0. The number of methoxy groups -OCH3 is 1. The summed E-state index contributed by atoms with van der Waals surface area (Å²) in [5.41, 5.74) is 0.0480. The minimum atomic E-state index is -0.105. The van der Waals surface area contributed by atoms with Crippen LogP contribution in [-0.2, 0) is 19.0 Å². The molecule has 0 aliphatic carbocycles. The Morgan fingerprint density at radius 3 is 2.05 bits per heavy atom. The van der Waals surface area contributed by atoms with Gasteiger partial charge in [-0.2, -0.15) is 0 Å². The van der Waals surface area contributed by atoms with E-state index in [1.165, 1.54) is 0 Å². The summed E-state index contributed by atoms with van der Waals surface area (Å²) in [5.74, 6) is -0.186. The van der Waals surface area contributed by atoms with Crippen LogP contribution in [0.3, 0.4) is 0 Å². The Hall–Kier alpha value is -0.610. The average Bonchev–Trinajstić information content (AvgIpc) is 2.38. The first-order valence-corrected chi connectivity index (χ1v) is 7.87. The molecule has 21 heavy (non-hydrogen) atoms. The number of hydrogen-bond acceptors (Lipinski definition) is 4. The van der Waals surface area contributed by atoms with Gasteiger partial charge in [-0.25, -0.2) is 0 Å². The van der Waals surface area contributed by atoms with Crippen molar-refractivity contribution in [2.24, 2.45) is 16.7 Å². The molecule has 0 aliphatic rings. The van der Waals surface area contributed by atoms with Crippen molar-refractivity contribution in [1.29, 1.82) is 0 Å². The molecular formula is C17H34O4. The molecule has 0 bridgehead atoms. The Kier molecular flexibility index (Phi) is 9.14. The number of rotatable bonds is 10. The highest BCUT2D eigenvalue weighted by molar-refractivity contribution is 5.73. The van der Waals surface area contributed by atoms with E-state index in [0.29, 0.717) is 26.4 Å². The van der Waals surface area contributed by atoms with Gasteiger partial charge in [-0.1, -0.05) is 48.0 Å². The molecule has 4 heteroatoms. The molecule has 0 aliphatic heterocycles. The molecule has 0 aromatic heterocycles. The van der Waals surface area contributed by atoms with Gasteiger partial charge in [-0.3, -0.25) is 4.79 Å². The fourth-order valence-corrected chi connectivity index (χ4v) is 2.08. The zero-order valence-electron chi connectivity index (χ0n) is 15.0. The van der Waals surface area contributed by atoms with Crippen molar-refractivity contribution in [3.05, 3.63) is 0 Å². The van der Waals surface area contributed by atoms with Crippen molar-refractivity contribution in [1.82, 2.24) is 0 Å². The van der Waals surface area contributed by atoms with E-state index in [4.69, 9.17) is 14.2 Å². The van der Waals surface area contributed by atoms with Crippen LogP contribution >= 0.6 is 0 Å². The first-order valence-electron chi connectivity index (χ1n) is 7.87. The van der Waals surface area contributed by atoms with Crippen LogP contribution in [0.1, 0.15) is 54.4 Å². The smallest absolute Gasteiger partial charge is 0.309 e. The van der Waals surface area contributed by atoms with Crippen molar-refractivity contribution >= 4 is 5.97 Å². The van der Waals surface area contributed by atoms with E-state index in [1.54, 1.807) is 7.11 Å². The Labute approximate surface area is 130 Å². The Morgan fingerprint density at radius 1 is 1.00 bits per heavy atom. The first kappa shape index (κ1) is 20.4. The van der Waals surface area contributed by atoms with Crippen LogP contribution in [0.25, 0.3) is 0 Å². The summed E-state index contributed by atoms with van der Waals surface area (Å²) in [5, 5.41) is 0. The van der Waals surface area contributed by atoms with Crippen LogP contribution in [0, 0.1) is 16.7 Å². The molecule has 4 nitrogen and oxygen atoms in total. The molecule has 0 spiro atoms. The van der Waals surface area contributed by atoms with Crippen molar-refractivity contribution in [2.45, 2.75) is 54.4 Å². The van der Waals surface area contributed by atoms with Crippen LogP contribution in [0.4, 0.5) is 0 Å². The lowest BCUT2D eigenvalue weighted by Crippen LogP contribution is -2.35. The summed E-state index contributed by atoms with van der Waals surface area (Å²) in [6.45, 7) is 14.7. The predicted molar refractivity (Wildman–Crippen MR) is 85.3 cm³/mol. The number of ether oxygens (including phenoxy) is 3. The van der Waals surface area contributed by atoms with E-state index in [1.807, 2.05) is 0 Å². The van der Waals surface area contributed by atoms with E-state index >= 15 is 0 Å². The largest absolute Gasteiger partial charge is 0.463 e. The summed E-state index contributed by atoms with van der Waals surface area (Å²) in [6, 6.07) is 0. The third-order valence-corrected chi connectivity index (χ3v) is 3.86. The fourth-order valence-electron chi connectivity index (χ4n) is 2.08. The maximum atomic E-state index is 12.4. The second kappa shape index (κ2) is 9.42. The highest BCUT2D eigenvalue weighted by Gasteiger charge is 2.37. The summed E-state index contributed by atoms with van der Waals surface area (Å²) in [4.78, 5) is 12.4.